The van der Waals surface area contributed by atoms with Gasteiger partial charge in [0.15, 0.2) is 0 Å². The van der Waals surface area contributed by atoms with Crippen molar-refractivity contribution in [3.05, 3.63) is 34.4 Å². The van der Waals surface area contributed by atoms with Crippen molar-refractivity contribution in [2.75, 3.05) is 6.54 Å². The van der Waals surface area contributed by atoms with E-state index in [1.54, 1.807) is 0 Å². The first-order valence-corrected chi connectivity index (χ1v) is 6.37. The molecule has 3 N–H and O–H groups in total. The van der Waals surface area contributed by atoms with E-state index in [1.165, 1.54) is 5.56 Å². The van der Waals surface area contributed by atoms with Crippen LogP contribution in [0.2, 0.25) is 0 Å². The van der Waals surface area contributed by atoms with Gasteiger partial charge in [0.05, 0.1) is 0 Å². The molecule has 18 heavy (non-hydrogen) atoms. The highest BCUT2D eigenvalue weighted by atomic mass is 16.1. The quantitative estimate of drug-likeness (QED) is 0.860. The van der Waals surface area contributed by atoms with Crippen LogP contribution in [0.1, 0.15) is 47.3 Å². The van der Waals surface area contributed by atoms with Crippen LogP contribution < -0.4 is 11.1 Å². The summed E-state index contributed by atoms with van der Waals surface area (Å²) in [5, 5.41) is 3.06. The van der Waals surface area contributed by atoms with Gasteiger partial charge < -0.3 is 11.1 Å². The lowest BCUT2D eigenvalue weighted by atomic mass is 9.96. The fourth-order valence-corrected chi connectivity index (χ4v) is 2.33. The molecule has 0 radical (unpaired) electrons. The van der Waals surface area contributed by atoms with E-state index in [9.17, 15) is 4.79 Å². The van der Waals surface area contributed by atoms with Crippen molar-refractivity contribution in [3.63, 3.8) is 0 Å². The van der Waals surface area contributed by atoms with Gasteiger partial charge in [0, 0.05) is 11.1 Å². The predicted octanol–water partition coefficient (Wildman–Crippen LogP) is 2.47. The summed E-state index contributed by atoms with van der Waals surface area (Å²) in [6, 6.07) is 4.08. The fraction of sp³-hybridized carbons (Fsp3) is 0.533. The second kappa shape index (κ2) is 5.53. The van der Waals surface area contributed by atoms with Gasteiger partial charge in [-0.25, -0.2) is 0 Å². The average Bonchev–Trinajstić information content (AvgIpc) is 2.13. The van der Waals surface area contributed by atoms with Crippen LogP contribution in [0.3, 0.4) is 0 Å². The molecule has 0 saturated heterocycles. The van der Waals surface area contributed by atoms with E-state index in [2.05, 4.69) is 5.32 Å². The Morgan fingerprint density at radius 2 is 1.72 bits per heavy atom. The molecule has 1 rings (SSSR count). The Morgan fingerprint density at radius 1 is 1.22 bits per heavy atom. The highest BCUT2D eigenvalue weighted by molar-refractivity contribution is 5.97. The summed E-state index contributed by atoms with van der Waals surface area (Å²) in [6.07, 6.45) is 0.767. The van der Waals surface area contributed by atoms with Crippen LogP contribution in [0, 0.1) is 20.8 Å². The van der Waals surface area contributed by atoms with Gasteiger partial charge in [0.1, 0.15) is 0 Å². The molecule has 0 aliphatic heterocycles. The summed E-state index contributed by atoms with van der Waals surface area (Å²) >= 11 is 0. The molecule has 0 aliphatic carbocycles. The van der Waals surface area contributed by atoms with E-state index < -0.39 is 0 Å². The maximum Gasteiger partial charge on any atom is 0.252 e. The smallest absolute Gasteiger partial charge is 0.252 e. The number of aryl methyl sites for hydroxylation is 3. The molecule has 3 heteroatoms. The number of carbonyl (C=O) groups excluding carboxylic acids is 1. The minimum Gasteiger partial charge on any atom is -0.347 e. The molecule has 1 aromatic rings. The molecule has 0 saturated carbocycles. The van der Waals surface area contributed by atoms with Crippen LogP contribution >= 0.6 is 0 Å². The summed E-state index contributed by atoms with van der Waals surface area (Å²) in [4.78, 5) is 12.3. The van der Waals surface area contributed by atoms with Gasteiger partial charge >= 0.3 is 0 Å². The van der Waals surface area contributed by atoms with Crippen molar-refractivity contribution in [3.8, 4) is 0 Å². The highest BCUT2D eigenvalue weighted by Gasteiger charge is 2.22. The normalized spacial score (nSPS) is 11.4. The van der Waals surface area contributed by atoms with Crippen LogP contribution in [-0.4, -0.2) is 18.0 Å². The van der Waals surface area contributed by atoms with Crippen LogP contribution in [0.15, 0.2) is 12.1 Å². The molecule has 0 spiro atoms. The summed E-state index contributed by atoms with van der Waals surface area (Å²) in [6.45, 7) is 10.6. The Bertz CT molecular complexity index is 427. The Morgan fingerprint density at radius 3 is 2.17 bits per heavy atom. The van der Waals surface area contributed by atoms with Crippen molar-refractivity contribution in [2.24, 2.45) is 5.73 Å². The molecule has 3 nitrogen and oxygen atoms in total. The Balaban J connectivity index is 2.98. The average molecular weight is 248 g/mol. The first-order chi connectivity index (χ1) is 8.26. The molecule has 100 valence electrons. The van der Waals surface area contributed by atoms with E-state index in [0.29, 0.717) is 6.54 Å². The van der Waals surface area contributed by atoms with Crippen molar-refractivity contribution < 1.29 is 4.79 Å². The largest absolute Gasteiger partial charge is 0.347 e. The van der Waals surface area contributed by atoms with E-state index in [0.717, 1.165) is 23.1 Å². The zero-order valence-electron chi connectivity index (χ0n) is 12.1. The van der Waals surface area contributed by atoms with Crippen LogP contribution in [0.25, 0.3) is 0 Å². The summed E-state index contributed by atoms with van der Waals surface area (Å²) in [7, 11) is 0. The van der Waals surface area contributed by atoms with E-state index >= 15 is 0 Å². The molecule has 0 aliphatic rings. The standard InChI is InChI=1S/C15H24N2O/c1-10-8-11(2)13(12(3)9-10)14(18)17-15(4,5)6-7-16/h8-9H,6-7,16H2,1-5H3,(H,17,18). The van der Waals surface area contributed by atoms with Crippen molar-refractivity contribution in [1.29, 1.82) is 0 Å². The molecule has 0 fully saturated rings. The second-order valence-corrected chi connectivity index (χ2v) is 5.65. The fourth-order valence-electron chi connectivity index (χ4n) is 2.33. The lowest BCUT2D eigenvalue weighted by Crippen LogP contribution is -2.45. The Labute approximate surface area is 110 Å². The van der Waals surface area contributed by atoms with Crippen molar-refractivity contribution >= 4 is 5.91 Å². The van der Waals surface area contributed by atoms with Crippen LogP contribution in [-0.2, 0) is 0 Å². The Kier molecular flexibility index (Phi) is 4.52. The minimum atomic E-state index is -0.268. The number of hydrogen-bond acceptors (Lipinski definition) is 2. The molecule has 0 atom stereocenters. The topological polar surface area (TPSA) is 55.1 Å². The van der Waals surface area contributed by atoms with E-state index in [1.807, 2.05) is 46.8 Å². The summed E-state index contributed by atoms with van der Waals surface area (Å²) < 4.78 is 0. The van der Waals surface area contributed by atoms with Gasteiger partial charge in [-0.2, -0.15) is 0 Å². The number of nitrogens with one attached hydrogen (secondary N) is 1. The highest BCUT2D eigenvalue weighted by Crippen LogP contribution is 2.18. The molecule has 0 heterocycles. The molecular weight excluding hydrogens is 224 g/mol. The number of carbonyl (C=O) groups is 1. The van der Waals surface area contributed by atoms with Crippen molar-refractivity contribution in [2.45, 2.75) is 46.6 Å². The molecule has 1 aromatic carbocycles. The lowest BCUT2D eigenvalue weighted by molar-refractivity contribution is 0.0909. The zero-order valence-corrected chi connectivity index (χ0v) is 12.1. The van der Waals surface area contributed by atoms with E-state index in [4.69, 9.17) is 5.73 Å². The number of hydrogen-bond donors (Lipinski definition) is 2. The summed E-state index contributed by atoms with van der Waals surface area (Å²) in [5.74, 6) is -0.0107. The summed E-state index contributed by atoms with van der Waals surface area (Å²) in [5.41, 5.74) is 9.30. The first kappa shape index (κ1) is 14.7. The van der Waals surface area contributed by atoms with Gasteiger partial charge in [-0.3, -0.25) is 4.79 Å². The lowest BCUT2D eigenvalue weighted by Gasteiger charge is -2.26. The van der Waals surface area contributed by atoms with Crippen LogP contribution in [0.4, 0.5) is 0 Å². The minimum absolute atomic E-state index is 0.0107. The Hall–Kier alpha value is -1.35. The van der Waals surface area contributed by atoms with Gasteiger partial charge in [-0.15, -0.1) is 0 Å². The van der Waals surface area contributed by atoms with Gasteiger partial charge in [-0.1, -0.05) is 17.7 Å². The molecular formula is C15H24N2O. The van der Waals surface area contributed by atoms with Gasteiger partial charge in [-0.05, 0) is 58.7 Å². The van der Waals surface area contributed by atoms with Gasteiger partial charge in [0.25, 0.3) is 5.91 Å². The second-order valence-electron chi connectivity index (χ2n) is 5.65. The van der Waals surface area contributed by atoms with Crippen LogP contribution in [0.5, 0.6) is 0 Å². The molecule has 0 bridgehead atoms. The third-order valence-electron chi connectivity index (χ3n) is 3.13. The molecule has 1 amide bonds. The number of benzene rings is 1. The number of amides is 1. The molecule has 0 unspecified atom stereocenters. The van der Waals surface area contributed by atoms with Gasteiger partial charge in [0.2, 0.25) is 0 Å². The number of nitrogens with two attached hydrogens (primary N) is 1. The SMILES string of the molecule is Cc1cc(C)c(C(=O)NC(C)(C)CCN)c(C)c1. The maximum absolute atomic E-state index is 12.3. The monoisotopic (exact) mass is 248 g/mol. The maximum atomic E-state index is 12.3. The van der Waals surface area contributed by atoms with Crippen molar-refractivity contribution in [1.82, 2.24) is 5.32 Å². The predicted molar refractivity (Wildman–Crippen MR) is 75.9 cm³/mol. The number of rotatable bonds is 4. The third kappa shape index (κ3) is 3.57. The zero-order chi connectivity index (χ0) is 13.9. The molecule has 0 aromatic heterocycles. The van der Waals surface area contributed by atoms with E-state index in [-0.39, 0.29) is 11.4 Å². The third-order valence-corrected chi connectivity index (χ3v) is 3.13. The first-order valence-electron chi connectivity index (χ1n) is 6.37.